The minimum atomic E-state index is 0.804. The Morgan fingerprint density at radius 3 is 2.61 bits per heavy atom. The zero-order chi connectivity index (χ0) is 12.4. The summed E-state index contributed by atoms with van der Waals surface area (Å²) in [5, 5.41) is 0. The highest BCUT2D eigenvalue weighted by molar-refractivity contribution is 5.48. The topological polar surface area (TPSA) is 6.48 Å². The molecular formula is C16H24N2. The first-order chi connectivity index (χ1) is 8.86. The number of benzene rings is 1. The van der Waals surface area contributed by atoms with Gasteiger partial charge in [0, 0.05) is 31.4 Å². The average molecular weight is 244 g/mol. The van der Waals surface area contributed by atoms with Gasteiger partial charge in [-0.25, -0.2) is 0 Å². The van der Waals surface area contributed by atoms with E-state index in [1.807, 2.05) is 0 Å². The van der Waals surface area contributed by atoms with Gasteiger partial charge in [-0.15, -0.1) is 0 Å². The molecule has 1 aromatic carbocycles. The molecule has 3 rings (SSSR count). The van der Waals surface area contributed by atoms with Crippen LogP contribution in [-0.4, -0.2) is 37.1 Å². The van der Waals surface area contributed by atoms with E-state index in [1.165, 1.54) is 56.7 Å². The van der Waals surface area contributed by atoms with Crippen molar-refractivity contribution in [1.82, 2.24) is 4.90 Å². The van der Waals surface area contributed by atoms with Crippen molar-refractivity contribution in [2.45, 2.75) is 38.6 Å². The molecule has 0 aliphatic carbocycles. The van der Waals surface area contributed by atoms with Crippen molar-refractivity contribution in [2.24, 2.45) is 0 Å². The lowest BCUT2D eigenvalue weighted by atomic mass is 10.1. The minimum absolute atomic E-state index is 0.804. The smallest absolute Gasteiger partial charge is 0.0366 e. The molecule has 2 nitrogen and oxygen atoms in total. The molecule has 0 spiro atoms. The first-order valence-corrected chi connectivity index (χ1v) is 7.45. The fourth-order valence-electron chi connectivity index (χ4n) is 3.38. The Morgan fingerprint density at radius 1 is 1.06 bits per heavy atom. The van der Waals surface area contributed by atoms with Crippen LogP contribution >= 0.6 is 0 Å². The van der Waals surface area contributed by atoms with Gasteiger partial charge in [0.15, 0.2) is 0 Å². The predicted molar refractivity (Wildman–Crippen MR) is 77.2 cm³/mol. The SMILES string of the molecule is CCc1ccc(N2CCCN3CCCC3C2)cc1. The fraction of sp³-hybridized carbons (Fsp3) is 0.625. The molecule has 1 aromatic rings. The summed E-state index contributed by atoms with van der Waals surface area (Å²) in [5.74, 6) is 0. The lowest BCUT2D eigenvalue weighted by molar-refractivity contribution is 0.273. The maximum atomic E-state index is 2.69. The molecule has 2 aliphatic heterocycles. The molecule has 18 heavy (non-hydrogen) atoms. The predicted octanol–water partition coefficient (Wildman–Crippen LogP) is 2.92. The highest BCUT2D eigenvalue weighted by Crippen LogP contribution is 2.25. The number of anilines is 1. The Balaban J connectivity index is 1.74. The van der Waals surface area contributed by atoms with Gasteiger partial charge < -0.3 is 4.90 Å². The van der Waals surface area contributed by atoms with Crippen LogP contribution in [0.2, 0.25) is 0 Å². The highest BCUT2D eigenvalue weighted by Gasteiger charge is 2.28. The van der Waals surface area contributed by atoms with Gasteiger partial charge in [-0.05, 0) is 49.9 Å². The van der Waals surface area contributed by atoms with E-state index in [-0.39, 0.29) is 0 Å². The van der Waals surface area contributed by atoms with Crippen LogP contribution in [0.25, 0.3) is 0 Å². The maximum Gasteiger partial charge on any atom is 0.0366 e. The molecule has 2 heteroatoms. The monoisotopic (exact) mass is 244 g/mol. The van der Waals surface area contributed by atoms with Gasteiger partial charge in [-0.3, -0.25) is 4.90 Å². The van der Waals surface area contributed by atoms with Crippen molar-refractivity contribution >= 4 is 5.69 Å². The summed E-state index contributed by atoms with van der Waals surface area (Å²) in [6, 6.07) is 9.99. The number of fused-ring (bicyclic) bond motifs is 1. The van der Waals surface area contributed by atoms with Gasteiger partial charge in [-0.1, -0.05) is 19.1 Å². The van der Waals surface area contributed by atoms with Crippen molar-refractivity contribution in [2.75, 3.05) is 31.1 Å². The Kier molecular flexibility index (Phi) is 3.55. The summed E-state index contributed by atoms with van der Waals surface area (Å²) in [6.07, 6.45) is 5.24. The van der Waals surface area contributed by atoms with Crippen molar-refractivity contribution in [1.29, 1.82) is 0 Å². The second-order valence-electron chi connectivity index (χ2n) is 5.65. The Bertz CT molecular complexity index is 385. The molecule has 2 fully saturated rings. The summed E-state index contributed by atoms with van der Waals surface area (Å²) >= 11 is 0. The summed E-state index contributed by atoms with van der Waals surface area (Å²) < 4.78 is 0. The Morgan fingerprint density at radius 2 is 1.83 bits per heavy atom. The lowest BCUT2D eigenvalue weighted by Gasteiger charge is -2.27. The van der Waals surface area contributed by atoms with Crippen LogP contribution in [0.4, 0.5) is 5.69 Å². The molecular weight excluding hydrogens is 220 g/mol. The Hall–Kier alpha value is -1.02. The second-order valence-corrected chi connectivity index (χ2v) is 5.65. The van der Waals surface area contributed by atoms with Crippen molar-refractivity contribution in [3.8, 4) is 0 Å². The molecule has 1 unspecified atom stereocenters. The largest absolute Gasteiger partial charge is 0.370 e. The van der Waals surface area contributed by atoms with E-state index in [4.69, 9.17) is 0 Å². The molecule has 0 aromatic heterocycles. The van der Waals surface area contributed by atoms with Gasteiger partial charge >= 0.3 is 0 Å². The molecule has 2 saturated heterocycles. The molecule has 98 valence electrons. The third-order valence-corrected chi connectivity index (χ3v) is 4.51. The summed E-state index contributed by atoms with van der Waals surface area (Å²) in [7, 11) is 0. The fourth-order valence-corrected chi connectivity index (χ4v) is 3.38. The van der Waals surface area contributed by atoms with Crippen LogP contribution in [0.15, 0.2) is 24.3 Å². The second kappa shape index (κ2) is 5.31. The van der Waals surface area contributed by atoms with E-state index in [0.717, 1.165) is 12.5 Å². The van der Waals surface area contributed by atoms with E-state index < -0.39 is 0 Å². The molecule has 2 aliphatic rings. The summed E-state index contributed by atoms with van der Waals surface area (Å²) in [4.78, 5) is 5.29. The number of hydrogen-bond acceptors (Lipinski definition) is 2. The number of nitrogens with zero attached hydrogens (tertiary/aromatic N) is 2. The van der Waals surface area contributed by atoms with Gasteiger partial charge in [-0.2, -0.15) is 0 Å². The molecule has 1 atom stereocenters. The lowest BCUT2D eigenvalue weighted by Crippen LogP contribution is -2.36. The maximum absolute atomic E-state index is 2.69. The first kappa shape index (κ1) is 12.0. The summed E-state index contributed by atoms with van der Waals surface area (Å²) in [5.41, 5.74) is 2.86. The molecule has 2 heterocycles. The zero-order valence-corrected chi connectivity index (χ0v) is 11.4. The van der Waals surface area contributed by atoms with Gasteiger partial charge in [0.25, 0.3) is 0 Å². The third kappa shape index (κ3) is 2.39. The van der Waals surface area contributed by atoms with Crippen LogP contribution in [-0.2, 0) is 6.42 Å². The van der Waals surface area contributed by atoms with Crippen molar-refractivity contribution < 1.29 is 0 Å². The molecule has 0 radical (unpaired) electrons. The van der Waals surface area contributed by atoms with Crippen LogP contribution in [0.5, 0.6) is 0 Å². The van der Waals surface area contributed by atoms with Gasteiger partial charge in [0.1, 0.15) is 0 Å². The van der Waals surface area contributed by atoms with E-state index in [1.54, 1.807) is 0 Å². The minimum Gasteiger partial charge on any atom is -0.370 e. The standard InChI is InChI=1S/C16H24N2/c1-2-14-6-8-15(9-7-14)18-12-4-11-17-10-3-5-16(17)13-18/h6-9,16H,2-5,10-13H2,1H3. The molecule has 0 bridgehead atoms. The van der Waals surface area contributed by atoms with E-state index in [0.29, 0.717) is 0 Å². The van der Waals surface area contributed by atoms with Crippen LogP contribution < -0.4 is 4.90 Å². The Labute approximate surface area is 111 Å². The van der Waals surface area contributed by atoms with Crippen LogP contribution in [0.3, 0.4) is 0 Å². The zero-order valence-electron chi connectivity index (χ0n) is 11.4. The molecule has 0 amide bonds. The van der Waals surface area contributed by atoms with Gasteiger partial charge in [0.2, 0.25) is 0 Å². The van der Waals surface area contributed by atoms with Crippen molar-refractivity contribution in [3.05, 3.63) is 29.8 Å². The molecule has 0 N–H and O–H groups in total. The molecule has 0 saturated carbocycles. The normalized spacial score (nSPS) is 24.9. The average Bonchev–Trinajstić information content (AvgIpc) is 2.76. The highest BCUT2D eigenvalue weighted by atomic mass is 15.3. The van der Waals surface area contributed by atoms with Crippen molar-refractivity contribution in [3.63, 3.8) is 0 Å². The van der Waals surface area contributed by atoms with E-state index in [2.05, 4.69) is 41.0 Å². The van der Waals surface area contributed by atoms with Crippen LogP contribution in [0.1, 0.15) is 31.7 Å². The first-order valence-electron chi connectivity index (χ1n) is 7.45. The summed E-state index contributed by atoms with van der Waals surface area (Å²) in [6.45, 7) is 7.29. The number of hydrogen-bond donors (Lipinski definition) is 0. The van der Waals surface area contributed by atoms with E-state index >= 15 is 0 Å². The number of rotatable bonds is 2. The van der Waals surface area contributed by atoms with E-state index in [9.17, 15) is 0 Å². The van der Waals surface area contributed by atoms with Gasteiger partial charge in [0.05, 0.1) is 0 Å². The number of aryl methyl sites for hydroxylation is 1. The quantitative estimate of drug-likeness (QED) is 0.789. The van der Waals surface area contributed by atoms with Crippen LogP contribution in [0, 0.1) is 0 Å². The third-order valence-electron chi connectivity index (χ3n) is 4.51.